The molecule has 0 saturated heterocycles. The standard InChI is InChI=1S/C19H22N4O/c1-3-4-13-22(2)19(24)16-11-9-15(10-12-16)14-23-18-8-6-5-7-17(18)20-21-23/h5-12H,3-4,13-14H2,1-2H3. The molecule has 2 aromatic carbocycles. The van der Waals surface area contributed by atoms with E-state index in [-0.39, 0.29) is 5.91 Å². The lowest BCUT2D eigenvalue weighted by Crippen LogP contribution is -2.27. The first-order valence-corrected chi connectivity index (χ1v) is 8.31. The van der Waals surface area contributed by atoms with Crippen LogP contribution in [0.1, 0.15) is 35.7 Å². The highest BCUT2D eigenvalue weighted by Crippen LogP contribution is 2.13. The summed E-state index contributed by atoms with van der Waals surface area (Å²) >= 11 is 0. The fourth-order valence-electron chi connectivity index (χ4n) is 2.68. The molecule has 0 aliphatic heterocycles. The quantitative estimate of drug-likeness (QED) is 0.699. The van der Waals surface area contributed by atoms with Crippen LogP contribution >= 0.6 is 0 Å². The van der Waals surface area contributed by atoms with Gasteiger partial charge in [0, 0.05) is 19.2 Å². The van der Waals surface area contributed by atoms with Gasteiger partial charge in [-0.15, -0.1) is 5.10 Å². The van der Waals surface area contributed by atoms with Gasteiger partial charge in [-0.2, -0.15) is 0 Å². The summed E-state index contributed by atoms with van der Waals surface area (Å²) in [5.74, 6) is 0.0706. The summed E-state index contributed by atoms with van der Waals surface area (Å²) in [5.41, 5.74) is 3.72. The number of aromatic nitrogens is 3. The molecular formula is C19H22N4O. The summed E-state index contributed by atoms with van der Waals surface area (Å²) in [5, 5.41) is 8.37. The molecule has 1 aromatic heterocycles. The number of hydrogen-bond donors (Lipinski definition) is 0. The van der Waals surface area contributed by atoms with Crippen molar-refractivity contribution in [3.8, 4) is 0 Å². The van der Waals surface area contributed by atoms with Crippen molar-refractivity contribution in [2.45, 2.75) is 26.3 Å². The molecule has 24 heavy (non-hydrogen) atoms. The van der Waals surface area contributed by atoms with Crippen molar-refractivity contribution in [3.63, 3.8) is 0 Å². The Labute approximate surface area is 141 Å². The van der Waals surface area contributed by atoms with E-state index in [0.29, 0.717) is 6.54 Å². The molecule has 3 rings (SSSR count). The van der Waals surface area contributed by atoms with Gasteiger partial charge in [0.25, 0.3) is 5.91 Å². The number of benzene rings is 2. The molecule has 0 N–H and O–H groups in total. The number of para-hydroxylation sites is 1. The summed E-state index contributed by atoms with van der Waals surface area (Å²) in [7, 11) is 1.85. The molecule has 5 nitrogen and oxygen atoms in total. The monoisotopic (exact) mass is 322 g/mol. The third kappa shape index (κ3) is 3.45. The van der Waals surface area contributed by atoms with Crippen LogP contribution in [0.3, 0.4) is 0 Å². The molecule has 0 spiro atoms. The van der Waals surface area contributed by atoms with Gasteiger partial charge in [-0.3, -0.25) is 4.79 Å². The third-order valence-electron chi connectivity index (χ3n) is 4.15. The number of amides is 1. The van der Waals surface area contributed by atoms with Gasteiger partial charge in [0.1, 0.15) is 5.52 Å². The van der Waals surface area contributed by atoms with Crippen LogP contribution in [0.2, 0.25) is 0 Å². The summed E-state index contributed by atoms with van der Waals surface area (Å²) in [6.45, 7) is 3.56. The van der Waals surface area contributed by atoms with Crippen molar-refractivity contribution in [1.82, 2.24) is 19.9 Å². The molecule has 0 atom stereocenters. The highest BCUT2D eigenvalue weighted by atomic mass is 16.2. The Balaban J connectivity index is 1.71. The molecule has 0 fully saturated rings. The maximum Gasteiger partial charge on any atom is 0.253 e. The van der Waals surface area contributed by atoms with Crippen molar-refractivity contribution in [2.24, 2.45) is 0 Å². The van der Waals surface area contributed by atoms with Gasteiger partial charge in [-0.25, -0.2) is 4.68 Å². The lowest BCUT2D eigenvalue weighted by Gasteiger charge is -2.16. The molecule has 0 radical (unpaired) electrons. The van der Waals surface area contributed by atoms with Crippen molar-refractivity contribution in [3.05, 3.63) is 59.7 Å². The van der Waals surface area contributed by atoms with E-state index in [0.717, 1.165) is 41.5 Å². The molecule has 0 unspecified atom stereocenters. The Kier molecular flexibility index (Phi) is 4.89. The average molecular weight is 322 g/mol. The maximum absolute atomic E-state index is 12.4. The van der Waals surface area contributed by atoms with Crippen molar-refractivity contribution >= 4 is 16.9 Å². The van der Waals surface area contributed by atoms with Crippen LogP contribution in [-0.4, -0.2) is 39.4 Å². The first-order valence-electron chi connectivity index (χ1n) is 8.31. The maximum atomic E-state index is 12.4. The van der Waals surface area contributed by atoms with E-state index >= 15 is 0 Å². The molecule has 1 amide bonds. The van der Waals surface area contributed by atoms with E-state index in [2.05, 4.69) is 17.2 Å². The normalized spacial score (nSPS) is 10.9. The van der Waals surface area contributed by atoms with E-state index < -0.39 is 0 Å². The molecule has 3 aromatic rings. The molecule has 1 heterocycles. The van der Waals surface area contributed by atoms with Gasteiger partial charge in [0.05, 0.1) is 12.1 Å². The van der Waals surface area contributed by atoms with Gasteiger partial charge in [-0.05, 0) is 36.2 Å². The Bertz CT molecular complexity index is 823. The number of fused-ring (bicyclic) bond motifs is 1. The minimum absolute atomic E-state index is 0.0706. The van der Waals surface area contributed by atoms with Crippen LogP contribution in [0.5, 0.6) is 0 Å². The zero-order valence-electron chi connectivity index (χ0n) is 14.1. The molecule has 0 saturated carbocycles. The van der Waals surface area contributed by atoms with E-state index in [9.17, 15) is 4.79 Å². The van der Waals surface area contributed by atoms with Gasteiger partial charge < -0.3 is 4.90 Å². The Morgan fingerprint density at radius 3 is 2.62 bits per heavy atom. The highest BCUT2D eigenvalue weighted by Gasteiger charge is 2.11. The molecule has 0 aliphatic carbocycles. The Hall–Kier alpha value is -2.69. The number of carbonyl (C=O) groups excluding carboxylic acids is 1. The van der Waals surface area contributed by atoms with E-state index in [4.69, 9.17) is 0 Å². The topological polar surface area (TPSA) is 51.0 Å². The van der Waals surface area contributed by atoms with Crippen LogP contribution in [0.4, 0.5) is 0 Å². The largest absolute Gasteiger partial charge is 0.342 e. The fourth-order valence-corrected chi connectivity index (χ4v) is 2.68. The number of nitrogens with zero attached hydrogens (tertiary/aromatic N) is 4. The van der Waals surface area contributed by atoms with Crippen molar-refractivity contribution < 1.29 is 4.79 Å². The van der Waals surface area contributed by atoms with Gasteiger partial charge in [-0.1, -0.05) is 42.8 Å². The molecule has 0 aliphatic rings. The molecule has 124 valence electrons. The van der Waals surface area contributed by atoms with Gasteiger partial charge in [0.15, 0.2) is 0 Å². The first kappa shape index (κ1) is 16.2. The van der Waals surface area contributed by atoms with Crippen molar-refractivity contribution in [1.29, 1.82) is 0 Å². The minimum Gasteiger partial charge on any atom is -0.342 e. The second-order valence-electron chi connectivity index (χ2n) is 6.01. The molecular weight excluding hydrogens is 300 g/mol. The SMILES string of the molecule is CCCCN(C)C(=O)c1ccc(Cn2nnc3ccccc32)cc1. The fraction of sp³-hybridized carbons (Fsp3) is 0.316. The van der Waals surface area contributed by atoms with E-state index in [1.54, 1.807) is 4.90 Å². The smallest absolute Gasteiger partial charge is 0.253 e. The third-order valence-corrected chi connectivity index (χ3v) is 4.15. The van der Waals surface area contributed by atoms with Crippen LogP contribution in [0.15, 0.2) is 48.5 Å². The second-order valence-corrected chi connectivity index (χ2v) is 6.01. The number of rotatable bonds is 6. The van der Waals surface area contributed by atoms with Crippen LogP contribution in [0, 0.1) is 0 Å². The number of unbranched alkanes of at least 4 members (excludes halogenated alkanes) is 1. The van der Waals surface area contributed by atoms with Crippen molar-refractivity contribution in [2.75, 3.05) is 13.6 Å². The molecule has 0 bridgehead atoms. The number of carbonyl (C=O) groups is 1. The predicted octanol–water partition coefficient (Wildman–Crippen LogP) is 3.35. The van der Waals surface area contributed by atoms with Crippen LogP contribution in [0.25, 0.3) is 11.0 Å². The number of hydrogen-bond acceptors (Lipinski definition) is 3. The predicted molar refractivity (Wildman–Crippen MR) is 94.9 cm³/mol. The zero-order valence-corrected chi connectivity index (χ0v) is 14.1. The van der Waals surface area contributed by atoms with Gasteiger partial charge >= 0.3 is 0 Å². The Morgan fingerprint density at radius 1 is 1.12 bits per heavy atom. The first-order chi connectivity index (χ1) is 11.7. The van der Waals surface area contributed by atoms with E-state index in [1.807, 2.05) is 60.3 Å². The second kappa shape index (κ2) is 7.25. The summed E-state index contributed by atoms with van der Waals surface area (Å²) in [6, 6.07) is 15.6. The molecule has 5 heteroatoms. The van der Waals surface area contributed by atoms with Crippen LogP contribution < -0.4 is 0 Å². The average Bonchev–Trinajstić information content (AvgIpc) is 3.03. The van der Waals surface area contributed by atoms with E-state index in [1.165, 1.54) is 0 Å². The summed E-state index contributed by atoms with van der Waals surface area (Å²) in [6.07, 6.45) is 2.11. The van der Waals surface area contributed by atoms with Gasteiger partial charge in [0.2, 0.25) is 0 Å². The summed E-state index contributed by atoms with van der Waals surface area (Å²) in [4.78, 5) is 14.1. The summed E-state index contributed by atoms with van der Waals surface area (Å²) < 4.78 is 1.87. The lowest BCUT2D eigenvalue weighted by molar-refractivity contribution is 0.0793. The zero-order chi connectivity index (χ0) is 16.9. The highest BCUT2D eigenvalue weighted by molar-refractivity contribution is 5.94. The Morgan fingerprint density at radius 2 is 1.88 bits per heavy atom. The van der Waals surface area contributed by atoms with Crippen LogP contribution in [-0.2, 0) is 6.54 Å². The lowest BCUT2D eigenvalue weighted by atomic mass is 10.1. The minimum atomic E-state index is 0.0706.